The molecule has 4 amide bonds. The van der Waals surface area contributed by atoms with E-state index in [0.29, 0.717) is 55.3 Å². The minimum absolute atomic E-state index is 0.124. The van der Waals surface area contributed by atoms with E-state index in [9.17, 15) is 9.59 Å². The van der Waals surface area contributed by atoms with Gasteiger partial charge in [-0.3, -0.25) is 19.4 Å². The lowest BCUT2D eigenvalue weighted by Gasteiger charge is -2.59. The molecule has 15 nitrogen and oxygen atoms in total. The summed E-state index contributed by atoms with van der Waals surface area (Å²) < 4.78 is 26.7. The fraction of sp³-hybridized carbons (Fsp3) is 0.538. The minimum Gasteiger partial charge on any atom is -0.375 e. The van der Waals surface area contributed by atoms with Crippen LogP contribution < -0.4 is 27.8 Å². The van der Waals surface area contributed by atoms with Crippen LogP contribution in [0.4, 0.5) is 19.7 Å². The molecule has 2 aliphatic heterocycles. The Morgan fingerprint density at radius 3 is 1.32 bits per heavy atom. The highest BCUT2D eigenvalue weighted by Gasteiger charge is 2.73. The summed E-state index contributed by atoms with van der Waals surface area (Å²) >= 11 is 0. The van der Waals surface area contributed by atoms with Gasteiger partial charge in [0, 0.05) is 28.6 Å². The highest BCUT2D eigenvalue weighted by atomic mass is 19.1. The largest absolute Gasteiger partial charge is 0.412 e. The van der Waals surface area contributed by atoms with Gasteiger partial charge in [0.05, 0.1) is 12.3 Å². The monoisotopic (exact) mass is 933 g/mol. The maximum absolute atomic E-state index is 15.8. The van der Waals surface area contributed by atoms with Crippen molar-refractivity contribution < 1.29 is 42.6 Å². The molecule has 8 N–H and O–H groups in total. The van der Waals surface area contributed by atoms with Crippen molar-refractivity contribution in [1.82, 2.24) is 9.80 Å². The second kappa shape index (κ2) is 16.7. The molecule has 4 unspecified atom stereocenters. The first-order valence-corrected chi connectivity index (χ1v) is 24.0. The third-order valence-electron chi connectivity index (χ3n) is 18.0. The molecule has 4 fully saturated rings. The van der Waals surface area contributed by atoms with Gasteiger partial charge in [0.25, 0.3) is 0 Å². The SMILES string of the molecule is Cc1c(F)ccc(N(C2C[C@@H]3CCC[C@@H]3N2[C@@](C(N)=O)(C(=O)OC(N)=O)C(C)(C)C2Cc3ccc2cc3)C2C[C@@H]3CCC[C@@H]3N2[C@@](C(N)=O)(C(=O)OC(N)=O)C(C)(C)C2Cc3ccc2cc3)c1C. The average molecular weight is 934 g/mol. The van der Waals surface area contributed by atoms with Crippen molar-refractivity contribution in [2.45, 2.75) is 153 Å². The smallest absolute Gasteiger partial charge is 0.375 e. The van der Waals surface area contributed by atoms with Crippen molar-refractivity contribution in [1.29, 1.82) is 0 Å². The molecule has 0 spiro atoms. The van der Waals surface area contributed by atoms with Gasteiger partial charge in [0.2, 0.25) is 22.9 Å². The number of fused-ring (bicyclic) bond motifs is 8. The predicted molar refractivity (Wildman–Crippen MR) is 250 cm³/mol. The molecule has 10 atom stereocenters. The van der Waals surface area contributed by atoms with Gasteiger partial charge in [0.1, 0.15) is 5.82 Å². The number of carbonyl (C=O) groups excluding carboxylic acids is 6. The number of hydrogen-bond acceptors (Lipinski definition) is 11. The van der Waals surface area contributed by atoms with E-state index >= 15 is 23.6 Å². The van der Waals surface area contributed by atoms with Crippen molar-refractivity contribution in [3.63, 3.8) is 0 Å². The van der Waals surface area contributed by atoms with E-state index in [0.717, 1.165) is 47.9 Å². The molecule has 362 valence electrons. The standard InChI is InChI=1S/C52H64FN7O8/c1-27-28(2)38(22-21-37(27)53)58(41-25-33-9-7-11-39(33)59(41)51(43(54)61,45(63)67-47(56)65)49(3,4)35-23-29-13-17-31(35)18-14-29)42-26-34-10-8-12-40(34)60(42)52(44(55)62,46(64)68-48(57)66)50(5,6)36-24-30-15-19-32(36)20-16-30/h13-22,33-36,39-42H,7-12,23-26H2,1-6H3,(H2,54,61)(H2,55,62)(H2,56,65)(H2,57,66)/t33-,34-,35?,36?,39-,40-,41?,42?,51-,52-/m0/s1. The molecular weight excluding hydrogens is 870 g/mol. The number of nitrogens with zero attached hydrogens (tertiary/aromatic N) is 3. The van der Waals surface area contributed by atoms with Gasteiger partial charge in [-0.15, -0.1) is 0 Å². The van der Waals surface area contributed by atoms with E-state index in [4.69, 9.17) is 32.4 Å². The van der Waals surface area contributed by atoms with Gasteiger partial charge < -0.3 is 37.3 Å². The Hall–Kier alpha value is -5.87. The fourth-order valence-electron chi connectivity index (χ4n) is 14.7. The van der Waals surface area contributed by atoms with E-state index in [-0.39, 0.29) is 11.8 Å². The summed E-state index contributed by atoms with van der Waals surface area (Å²) in [5, 5.41) is 0. The maximum Gasteiger partial charge on any atom is 0.412 e. The van der Waals surface area contributed by atoms with Gasteiger partial charge >= 0.3 is 24.1 Å². The van der Waals surface area contributed by atoms with Gasteiger partial charge in [-0.2, -0.15) is 0 Å². The van der Waals surface area contributed by atoms with E-state index in [1.54, 1.807) is 47.6 Å². The first-order chi connectivity index (χ1) is 32.1. The Kier molecular flexibility index (Phi) is 11.6. The van der Waals surface area contributed by atoms with Gasteiger partial charge in [-0.05, 0) is 134 Å². The summed E-state index contributed by atoms with van der Waals surface area (Å²) in [5.41, 5.74) is 22.3. The Morgan fingerprint density at radius 2 is 0.985 bits per heavy atom. The number of esters is 2. The van der Waals surface area contributed by atoms with Crippen LogP contribution in [0.15, 0.2) is 60.7 Å². The third kappa shape index (κ3) is 6.70. The zero-order chi connectivity index (χ0) is 49.0. The number of anilines is 1. The molecule has 16 heteroatoms. The number of rotatable bonds is 13. The first-order valence-electron chi connectivity index (χ1n) is 24.0. The van der Waals surface area contributed by atoms with Crippen molar-refractivity contribution in [2.75, 3.05) is 4.90 Å². The molecule has 2 heterocycles. The second-order valence-electron chi connectivity index (χ2n) is 21.5. The summed E-state index contributed by atoms with van der Waals surface area (Å²) in [7, 11) is 0. The number of primary amides is 4. The number of carbonyl (C=O) groups is 6. The van der Waals surface area contributed by atoms with Crippen molar-refractivity contribution in [3.8, 4) is 0 Å². The summed E-state index contributed by atoms with van der Waals surface area (Å²) in [6.45, 7) is 10.7. The molecule has 3 aromatic carbocycles. The van der Waals surface area contributed by atoms with E-state index in [2.05, 4.69) is 0 Å². The van der Waals surface area contributed by atoms with Crippen molar-refractivity contribution in [2.24, 2.45) is 45.6 Å². The number of amides is 4. The van der Waals surface area contributed by atoms with Crippen LogP contribution in [0.2, 0.25) is 0 Å². The van der Waals surface area contributed by atoms with Crippen LogP contribution in [-0.4, -0.2) is 81.2 Å². The molecule has 6 aliphatic carbocycles. The minimum atomic E-state index is -2.38. The molecule has 2 saturated carbocycles. The molecule has 3 aromatic rings. The fourth-order valence-corrected chi connectivity index (χ4v) is 14.7. The molecule has 4 bridgehead atoms. The molecule has 11 rings (SSSR count). The summed E-state index contributed by atoms with van der Waals surface area (Å²) in [6, 6.07) is 17.9. The summed E-state index contributed by atoms with van der Waals surface area (Å²) in [4.78, 5) is 92.6. The Labute approximate surface area is 396 Å². The maximum atomic E-state index is 15.8. The molecule has 0 aromatic heterocycles. The van der Waals surface area contributed by atoms with Crippen LogP contribution in [0.5, 0.6) is 0 Å². The van der Waals surface area contributed by atoms with E-state index in [1.165, 1.54) is 6.07 Å². The molecule has 2 saturated heterocycles. The molecule has 8 aliphatic rings. The van der Waals surface area contributed by atoms with Crippen LogP contribution >= 0.6 is 0 Å². The predicted octanol–water partition coefficient (Wildman–Crippen LogP) is 6.07. The highest BCUT2D eigenvalue weighted by Crippen LogP contribution is 2.61. The number of halogens is 1. The van der Waals surface area contributed by atoms with E-state index < -0.39 is 99.9 Å². The topological polar surface area (TPSA) is 235 Å². The number of benzene rings is 3. The number of hydrogen-bond donors (Lipinski definition) is 4. The van der Waals surface area contributed by atoms with Crippen LogP contribution in [0.1, 0.15) is 124 Å². The quantitative estimate of drug-likeness (QED) is 0.113. The Morgan fingerprint density at radius 1 is 0.588 bits per heavy atom. The van der Waals surface area contributed by atoms with Gasteiger partial charge in [-0.1, -0.05) is 89.1 Å². The summed E-state index contributed by atoms with van der Waals surface area (Å²) in [6.07, 6.45) is 0.953. The Bertz CT molecular complexity index is 2440. The first kappa shape index (κ1) is 47.2. The summed E-state index contributed by atoms with van der Waals surface area (Å²) in [5.74, 6) is -6.17. The number of nitrogens with two attached hydrogens (primary N) is 4. The van der Waals surface area contributed by atoms with Gasteiger partial charge in [-0.25, -0.2) is 23.6 Å². The lowest BCUT2D eigenvalue weighted by molar-refractivity contribution is -0.176. The van der Waals surface area contributed by atoms with Crippen LogP contribution in [0.25, 0.3) is 0 Å². The van der Waals surface area contributed by atoms with Crippen molar-refractivity contribution >= 4 is 41.6 Å². The average Bonchev–Trinajstić information content (AvgIpc) is 4.08. The molecular formula is C52H64FN7O8. The normalized spacial score (nSPS) is 28.0. The lowest BCUT2D eigenvalue weighted by atomic mass is 9.58. The second-order valence-corrected chi connectivity index (χ2v) is 21.5. The zero-order valence-corrected chi connectivity index (χ0v) is 39.8. The molecule has 68 heavy (non-hydrogen) atoms. The van der Waals surface area contributed by atoms with Crippen LogP contribution in [0.3, 0.4) is 0 Å². The number of ether oxygens (including phenoxy) is 2. The van der Waals surface area contributed by atoms with Crippen molar-refractivity contribution in [3.05, 3.63) is 99.9 Å². The lowest BCUT2D eigenvalue weighted by Crippen LogP contribution is -2.78. The number of likely N-dealkylation sites (tertiary alicyclic amines) is 2. The van der Waals surface area contributed by atoms with E-state index in [1.807, 2.05) is 63.2 Å². The highest BCUT2D eigenvalue weighted by molar-refractivity contribution is 6.11. The Balaban J connectivity index is 1.33. The van der Waals surface area contributed by atoms with Gasteiger partial charge in [0.15, 0.2) is 0 Å². The molecule has 0 radical (unpaired) electrons. The zero-order valence-electron chi connectivity index (χ0n) is 39.8. The van der Waals surface area contributed by atoms with Crippen LogP contribution in [0, 0.1) is 42.3 Å². The third-order valence-corrected chi connectivity index (χ3v) is 18.0. The van der Waals surface area contributed by atoms with Crippen LogP contribution in [-0.2, 0) is 41.5 Å².